The SMILES string of the molecule is COC(=O)c1cc(CNC(=O)c2nnn(-c3ccc(C)cc3)c2C)oc1C. The number of nitrogens with zero attached hydrogens (tertiary/aromatic N) is 3. The predicted octanol–water partition coefficient (Wildman–Crippen LogP) is 2.50. The Bertz CT molecular complexity index is 986. The molecule has 2 aromatic heterocycles. The molecule has 3 aromatic rings. The topological polar surface area (TPSA) is 99.2 Å². The number of carbonyl (C=O) groups is 2. The standard InChI is InChI=1S/C19H20N4O4/c1-11-5-7-14(8-6-11)23-12(2)17(21-22-23)18(24)20-10-15-9-16(13(3)27-15)19(25)26-4/h5-9H,10H2,1-4H3,(H,20,24). The number of carbonyl (C=O) groups excluding carboxylic acids is 2. The van der Waals surface area contributed by atoms with E-state index in [2.05, 4.69) is 20.4 Å². The fourth-order valence-electron chi connectivity index (χ4n) is 2.66. The van der Waals surface area contributed by atoms with Crippen LogP contribution in [0.15, 0.2) is 34.7 Å². The van der Waals surface area contributed by atoms with Gasteiger partial charge in [0.15, 0.2) is 5.69 Å². The molecule has 0 saturated heterocycles. The van der Waals surface area contributed by atoms with Gasteiger partial charge in [0.2, 0.25) is 0 Å². The maximum absolute atomic E-state index is 12.5. The molecule has 1 N–H and O–H groups in total. The smallest absolute Gasteiger partial charge is 0.341 e. The second-order valence-electron chi connectivity index (χ2n) is 6.13. The maximum Gasteiger partial charge on any atom is 0.341 e. The molecule has 8 nitrogen and oxygen atoms in total. The number of nitrogens with one attached hydrogen (secondary N) is 1. The molecular weight excluding hydrogens is 348 g/mol. The van der Waals surface area contributed by atoms with Gasteiger partial charge < -0.3 is 14.5 Å². The first-order valence-electron chi connectivity index (χ1n) is 8.36. The highest BCUT2D eigenvalue weighted by Crippen LogP contribution is 2.16. The number of aromatic nitrogens is 3. The van der Waals surface area contributed by atoms with E-state index in [0.29, 0.717) is 22.8 Å². The van der Waals surface area contributed by atoms with E-state index in [1.807, 2.05) is 31.2 Å². The monoisotopic (exact) mass is 368 g/mol. The summed E-state index contributed by atoms with van der Waals surface area (Å²) in [6, 6.07) is 9.32. The molecule has 0 atom stereocenters. The minimum atomic E-state index is -0.481. The van der Waals surface area contributed by atoms with Gasteiger partial charge in [-0.2, -0.15) is 0 Å². The summed E-state index contributed by atoms with van der Waals surface area (Å²) in [6.45, 7) is 5.56. The molecule has 1 aromatic carbocycles. The molecule has 0 aliphatic carbocycles. The van der Waals surface area contributed by atoms with Gasteiger partial charge in [-0.25, -0.2) is 9.48 Å². The van der Waals surface area contributed by atoms with Crippen molar-refractivity contribution in [1.29, 1.82) is 0 Å². The van der Waals surface area contributed by atoms with Gasteiger partial charge in [0.25, 0.3) is 5.91 Å². The highest BCUT2D eigenvalue weighted by atomic mass is 16.5. The molecule has 0 radical (unpaired) electrons. The number of rotatable bonds is 5. The molecule has 0 spiro atoms. The molecule has 27 heavy (non-hydrogen) atoms. The number of amides is 1. The van der Waals surface area contributed by atoms with Crippen LogP contribution in [0.4, 0.5) is 0 Å². The lowest BCUT2D eigenvalue weighted by molar-refractivity contribution is 0.0598. The molecule has 0 aliphatic rings. The van der Waals surface area contributed by atoms with Gasteiger partial charge in [-0.05, 0) is 39.0 Å². The Balaban J connectivity index is 1.72. The lowest BCUT2D eigenvalue weighted by Crippen LogP contribution is -2.24. The van der Waals surface area contributed by atoms with Crippen LogP contribution in [0.2, 0.25) is 0 Å². The molecule has 1 amide bonds. The molecule has 0 fully saturated rings. The minimum Gasteiger partial charge on any atom is -0.465 e. The highest BCUT2D eigenvalue weighted by Gasteiger charge is 2.19. The van der Waals surface area contributed by atoms with Crippen molar-refractivity contribution >= 4 is 11.9 Å². The van der Waals surface area contributed by atoms with E-state index in [9.17, 15) is 9.59 Å². The molecule has 3 rings (SSSR count). The molecule has 0 aliphatic heterocycles. The summed E-state index contributed by atoms with van der Waals surface area (Å²) in [7, 11) is 1.30. The average Bonchev–Trinajstić information content (AvgIpc) is 3.22. The normalized spacial score (nSPS) is 10.7. The van der Waals surface area contributed by atoms with E-state index in [1.165, 1.54) is 7.11 Å². The Morgan fingerprint density at radius 3 is 2.56 bits per heavy atom. The average molecular weight is 368 g/mol. The predicted molar refractivity (Wildman–Crippen MR) is 96.8 cm³/mol. The van der Waals surface area contributed by atoms with Crippen LogP contribution in [0.3, 0.4) is 0 Å². The van der Waals surface area contributed by atoms with Gasteiger partial charge in [-0.3, -0.25) is 4.79 Å². The quantitative estimate of drug-likeness (QED) is 0.695. The van der Waals surface area contributed by atoms with Crippen molar-refractivity contribution in [1.82, 2.24) is 20.3 Å². The maximum atomic E-state index is 12.5. The summed E-state index contributed by atoms with van der Waals surface area (Å²) < 4.78 is 11.8. The second-order valence-corrected chi connectivity index (χ2v) is 6.13. The first-order valence-corrected chi connectivity index (χ1v) is 8.36. The van der Waals surface area contributed by atoms with E-state index >= 15 is 0 Å². The molecule has 0 bridgehead atoms. The van der Waals surface area contributed by atoms with E-state index in [0.717, 1.165) is 11.3 Å². The molecule has 0 saturated carbocycles. The van der Waals surface area contributed by atoms with E-state index in [-0.39, 0.29) is 18.1 Å². The van der Waals surface area contributed by atoms with Crippen LogP contribution in [0.5, 0.6) is 0 Å². The van der Waals surface area contributed by atoms with Gasteiger partial charge in [0.05, 0.1) is 25.0 Å². The van der Waals surface area contributed by atoms with Crippen LogP contribution < -0.4 is 5.32 Å². The number of aryl methyl sites for hydroxylation is 2. The summed E-state index contributed by atoms with van der Waals surface area (Å²) >= 11 is 0. The van der Waals surface area contributed by atoms with Gasteiger partial charge in [-0.1, -0.05) is 22.9 Å². The van der Waals surface area contributed by atoms with Crippen molar-refractivity contribution in [2.75, 3.05) is 7.11 Å². The fourth-order valence-corrected chi connectivity index (χ4v) is 2.66. The van der Waals surface area contributed by atoms with Crippen LogP contribution in [-0.2, 0) is 11.3 Å². The zero-order valence-electron chi connectivity index (χ0n) is 15.6. The van der Waals surface area contributed by atoms with Gasteiger partial charge >= 0.3 is 5.97 Å². The van der Waals surface area contributed by atoms with Crippen molar-refractivity contribution in [2.45, 2.75) is 27.3 Å². The third kappa shape index (κ3) is 3.74. The first kappa shape index (κ1) is 18.4. The number of furan rings is 1. The lowest BCUT2D eigenvalue weighted by atomic mass is 10.2. The fraction of sp³-hybridized carbons (Fsp3) is 0.263. The first-order chi connectivity index (χ1) is 12.9. The Morgan fingerprint density at radius 2 is 1.89 bits per heavy atom. The third-order valence-corrected chi connectivity index (χ3v) is 4.19. The van der Waals surface area contributed by atoms with Gasteiger partial charge in [-0.15, -0.1) is 5.10 Å². The molecule has 140 valence electrons. The van der Waals surface area contributed by atoms with Crippen LogP contribution in [0.1, 0.15) is 43.6 Å². The largest absolute Gasteiger partial charge is 0.465 e. The Kier molecular flexibility index (Phi) is 5.07. The zero-order valence-corrected chi connectivity index (χ0v) is 15.6. The molecule has 2 heterocycles. The van der Waals surface area contributed by atoms with Crippen LogP contribution in [-0.4, -0.2) is 34.0 Å². The Labute approximate surface area is 156 Å². The number of hydrogen-bond acceptors (Lipinski definition) is 6. The van der Waals surface area contributed by atoms with E-state index < -0.39 is 5.97 Å². The molecule has 0 unspecified atom stereocenters. The zero-order chi connectivity index (χ0) is 19.6. The second kappa shape index (κ2) is 7.45. The van der Waals surface area contributed by atoms with Crippen molar-refractivity contribution < 1.29 is 18.7 Å². The van der Waals surface area contributed by atoms with Crippen molar-refractivity contribution in [3.63, 3.8) is 0 Å². The number of benzene rings is 1. The van der Waals surface area contributed by atoms with Crippen LogP contribution in [0, 0.1) is 20.8 Å². The number of ether oxygens (including phenoxy) is 1. The molecule has 8 heteroatoms. The Morgan fingerprint density at radius 1 is 1.19 bits per heavy atom. The lowest BCUT2D eigenvalue weighted by Gasteiger charge is -2.04. The minimum absolute atomic E-state index is 0.119. The number of hydrogen-bond donors (Lipinski definition) is 1. The molecular formula is C19H20N4O4. The van der Waals surface area contributed by atoms with Crippen molar-refractivity contribution in [3.8, 4) is 5.69 Å². The summed E-state index contributed by atoms with van der Waals surface area (Å²) in [5, 5.41) is 10.8. The summed E-state index contributed by atoms with van der Waals surface area (Å²) in [4.78, 5) is 24.1. The Hall–Kier alpha value is -3.42. The summed E-state index contributed by atoms with van der Waals surface area (Å²) in [5.41, 5.74) is 3.15. The number of esters is 1. The third-order valence-electron chi connectivity index (χ3n) is 4.19. The van der Waals surface area contributed by atoms with E-state index in [4.69, 9.17) is 4.42 Å². The van der Waals surface area contributed by atoms with Gasteiger partial charge in [0, 0.05) is 0 Å². The van der Waals surface area contributed by atoms with Crippen molar-refractivity contribution in [2.24, 2.45) is 0 Å². The van der Waals surface area contributed by atoms with Crippen LogP contribution >= 0.6 is 0 Å². The van der Waals surface area contributed by atoms with E-state index in [1.54, 1.807) is 24.6 Å². The highest BCUT2D eigenvalue weighted by molar-refractivity contribution is 5.93. The van der Waals surface area contributed by atoms with Gasteiger partial charge in [0.1, 0.15) is 17.1 Å². The number of methoxy groups -OCH3 is 1. The summed E-state index contributed by atoms with van der Waals surface area (Å²) in [6.07, 6.45) is 0. The van der Waals surface area contributed by atoms with Crippen LogP contribution in [0.25, 0.3) is 5.69 Å². The summed E-state index contributed by atoms with van der Waals surface area (Å²) in [5.74, 6) is 0.0302. The van der Waals surface area contributed by atoms with Crippen molar-refractivity contribution in [3.05, 3.63) is 64.4 Å².